The maximum absolute atomic E-state index is 12.1. The van der Waals surface area contributed by atoms with Crippen LogP contribution < -0.4 is 5.73 Å². The van der Waals surface area contributed by atoms with Gasteiger partial charge in [0.25, 0.3) is 0 Å². The van der Waals surface area contributed by atoms with Crippen molar-refractivity contribution in [3.8, 4) is 0 Å². The molecular formula is C13H26N2O2. The van der Waals surface area contributed by atoms with Gasteiger partial charge in [0, 0.05) is 25.6 Å². The SMILES string of the molecule is CC1CN(C(=O)CC(N)C(C)(C)C)CCC1O. The van der Waals surface area contributed by atoms with Crippen LogP contribution in [0.25, 0.3) is 0 Å². The normalized spacial score (nSPS) is 28.0. The van der Waals surface area contributed by atoms with Gasteiger partial charge in [0.05, 0.1) is 6.10 Å². The van der Waals surface area contributed by atoms with E-state index in [1.165, 1.54) is 0 Å². The van der Waals surface area contributed by atoms with E-state index in [1.807, 2.05) is 32.6 Å². The Balaban J connectivity index is 2.49. The predicted molar refractivity (Wildman–Crippen MR) is 68.4 cm³/mol. The highest BCUT2D eigenvalue weighted by Gasteiger charge is 2.30. The van der Waals surface area contributed by atoms with E-state index in [0.717, 1.165) is 0 Å². The van der Waals surface area contributed by atoms with Crippen molar-refractivity contribution in [2.75, 3.05) is 13.1 Å². The number of carbonyl (C=O) groups is 1. The van der Waals surface area contributed by atoms with Crippen LogP contribution in [0.5, 0.6) is 0 Å². The van der Waals surface area contributed by atoms with Crippen molar-refractivity contribution in [2.45, 2.75) is 52.7 Å². The molecular weight excluding hydrogens is 216 g/mol. The van der Waals surface area contributed by atoms with Crippen LogP contribution in [0.4, 0.5) is 0 Å². The summed E-state index contributed by atoms with van der Waals surface area (Å²) in [5.74, 6) is 0.282. The fourth-order valence-electron chi connectivity index (χ4n) is 1.98. The minimum atomic E-state index is -0.268. The summed E-state index contributed by atoms with van der Waals surface area (Å²) in [5.41, 5.74) is 5.98. The molecule has 3 unspecified atom stereocenters. The number of amides is 1. The topological polar surface area (TPSA) is 66.6 Å². The van der Waals surface area contributed by atoms with E-state index in [9.17, 15) is 9.90 Å². The second-order valence-electron chi connectivity index (χ2n) is 6.35. The van der Waals surface area contributed by atoms with Gasteiger partial charge in [-0.25, -0.2) is 0 Å². The molecule has 0 aromatic rings. The molecule has 0 aromatic heterocycles. The first kappa shape index (κ1) is 14.5. The van der Waals surface area contributed by atoms with E-state index in [4.69, 9.17) is 5.73 Å². The van der Waals surface area contributed by atoms with Crippen molar-refractivity contribution in [2.24, 2.45) is 17.1 Å². The first-order chi connectivity index (χ1) is 7.71. The molecule has 4 heteroatoms. The molecule has 3 atom stereocenters. The van der Waals surface area contributed by atoms with Gasteiger partial charge in [-0.05, 0) is 17.8 Å². The number of aliphatic hydroxyl groups excluding tert-OH is 1. The molecule has 0 bridgehead atoms. The third kappa shape index (κ3) is 3.96. The Morgan fingerprint density at radius 1 is 1.53 bits per heavy atom. The molecule has 1 rings (SSSR count). The highest BCUT2D eigenvalue weighted by Crippen LogP contribution is 2.22. The van der Waals surface area contributed by atoms with E-state index in [-0.39, 0.29) is 29.4 Å². The molecule has 100 valence electrons. The Kier molecular flexibility index (Phi) is 4.55. The third-order valence-corrected chi connectivity index (χ3v) is 3.72. The van der Waals surface area contributed by atoms with E-state index in [1.54, 1.807) is 0 Å². The second-order valence-corrected chi connectivity index (χ2v) is 6.35. The van der Waals surface area contributed by atoms with Gasteiger partial charge in [0.2, 0.25) is 5.91 Å². The number of carbonyl (C=O) groups excluding carboxylic acids is 1. The van der Waals surface area contributed by atoms with Crippen molar-refractivity contribution in [3.63, 3.8) is 0 Å². The van der Waals surface area contributed by atoms with Gasteiger partial charge >= 0.3 is 0 Å². The summed E-state index contributed by atoms with van der Waals surface area (Å²) in [6.45, 7) is 9.43. The largest absolute Gasteiger partial charge is 0.393 e. The first-order valence-electron chi connectivity index (χ1n) is 6.43. The van der Waals surface area contributed by atoms with Crippen molar-refractivity contribution in [3.05, 3.63) is 0 Å². The van der Waals surface area contributed by atoms with Crippen LogP contribution in [0.2, 0.25) is 0 Å². The highest BCUT2D eigenvalue weighted by atomic mass is 16.3. The summed E-state index contributed by atoms with van der Waals surface area (Å²) in [6.07, 6.45) is 0.805. The van der Waals surface area contributed by atoms with E-state index < -0.39 is 0 Å². The monoisotopic (exact) mass is 242 g/mol. The Hall–Kier alpha value is -0.610. The van der Waals surface area contributed by atoms with Crippen LogP contribution in [0.3, 0.4) is 0 Å². The van der Waals surface area contributed by atoms with Gasteiger partial charge in [-0.2, -0.15) is 0 Å². The Labute approximate surface area is 104 Å². The molecule has 1 aliphatic rings. The molecule has 0 aromatic carbocycles. The van der Waals surface area contributed by atoms with Gasteiger partial charge in [-0.1, -0.05) is 27.7 Å². The molecule has 1 heterocycles. The van der Waals surface area contributed by atoms with Gasteiger partial charge in [-0.3, -0.25) is 4.79 Å². The lowest BCUT2D eigenvalue weighted by Gasteiger charge is -2.36. The summed E-state index contributed by atoms with van der Waals surface area (Å²) in [5, 5.41) is 9.63. The molecule has 1 aliphatic heterocycles. The zero-order valence-electron chi connectivity index (χ0n) is 11.4. The molecule has 0 saturated carbocycles. The zero-order valence-corrected chi connectivity index (χ0v) is 11.4. The molecule has 17 heavy (non-hydrogen) atoms. The fraction of sp³-hybridized carbons (Fsp3) is 0.923. The van der Waals surface area contributed by atoms with Gasteiger partial charge in [-0.15, -0.1) is 0 Å². The van der Waals surface area contributed by atoms with Crippen LogP contribution in [0, 0.1) is 11.3 Å². The lowest BCUT2D eigenvalue weighted by Crippen LogP contribution is -2.48. The fourth-order valence-corrected chi connectivity index (χ4v) is 1.98. The van der Waals surface area contributed by atoms with Crippen LogP contribution in [0.1, 0.15) is 40.5 Å². The Morgan fingerprint density at radius 2 is 2.12 bits per heavy atom. The number of piperidine rings is 1. The minimum Gasteiger partial charge on any atom is -0.393 e. The maximum Gasteiger partial charge on any atom is 0.224 e. The third-order valence-electron chi connectivity index (χ3n) is 3.72. The number of aliphatic hydroxyl groups is 1. The molecule has 4 nitrogen and oxygen atoms in total. The highest BCUT2D eigenvalue weighted by molar-refractivity contribution is 5.77. The van der Waals surface area contributed by atoms with Gasteiger partial charge < -0.3 is 15.7 Å². The van der Waals surface area contributed by atoms with Crippen LogP contribution in [-0.4, -0.2) is 41.1 Å². The number of hydrogen-bond acceptors (Lipinski definition) is 3. The molecule has 3 N–H and O–H groups in total. The number of likely N-dealkylation sites (tertiary alicyclic amines) is 1. The summed E-state index contributed by atoms with van der Waals surface area (Å²) in [7, 11) is 0. The standard InChI is InChI=1S/C13H26N2O2/c1-9-8-15(6-5-10(9)16)12(17)7-11(14)13(2,3)4/h9-11,16H,5-8,14H2,1-4H3. The summed E-state index contributed by atoms with van der Waals surface area (Å²) in [4.78, 5) is 13.9. The molecule has 0 aliphatic carbocycles. The molecule has 0 spiro atoms. The average Bonchev–Trinajstić information content (AvgIpc) is 2.20. The molecule has 1 fully saturated rings. The van der Waals surface area contributed by atoms with E-state index in [0.29, 0.717) is 25.9 Å². The zero-order chi connectivity index (χ0) is 13.2. The second kappa shape index (κ2) is 5.36. The number of nitrogens with two attached hydrogens (primary N) is 1. The van der Waals surface area contributed by atoms with Crippen LogP contribution in [0.15, 0.2) is 0 Å². The first-order valence-corrected chi connectivity index (χ1v) is 6.43. The predicted octanol–water partition coefficient (Wildman–Crippen LogP) is 0.979. The van der Waals surface area contributed by atoms with Crippen molar-refractivity contribution in [1.82, 2.24) is 4.90 Å². The van der Waals surface area contributed by atoms with Crippen LogP contribution >= 0.6 is 0 Å². The van der Waals surface area contributed by atoms with Crippen molar-refractivity contribution < 1.29 is 9.90 Å². The molecule has 1 amide bonds. The summed E-state index contributed by atoms with van der Waals surface area (Å²) in [6, 6.07) is -0.114. The smallest absolute Gasteiger partial charge is 0.224 e. The van der Waals surface area contributed by atoms with Crippen LogP contribution in [-0.2, 0) is 4.79 Å². The molecule has 1 saturated heterocycles. The van der Waals surface area contributed by atoms with E-state index in [2.05, 4.69) is 0 Å². The minimum absolute atomic E-state index is 0.0451. The Bertz CT molecular complexity index is 273. The van der Waals surface area contributed by atoms with Crippen molar-refractivity contribution >= 4 is 5.91 Å². The van der Waals surface area contributed by atoms with Gasteiger partial charge in [0.1, 0.15) is 0 Å². The average molecular weight is 242 g/mol. The maximum atomic E-state index is 12.1. The lowest BCUT2D eigenvalue weighted by atomic mass is 9.85. The molecule has 0 radical (unpaired) electrons. The number of hydrogen-bond donors (Lipinski definition) is 2. The Morgan fingerprint density at radius 3 is 2.59 bits per heavy atom. The summed E-state index contributed by atoms with van der Waals surface area (Å²) < 4.78 is 0. The number of rotatable bonds is 2. The number of nitrogens with zero attached hydrogens (tertiary/aromatic N) is 1. The quantitative estimate of drug-likeness (QED) is 0.758. The lowest BCUT2D eigenvalue weighted by molar-refractivity contribution is -0.135. The van der Waals surface area contributed by atoms with Gasteiger partial charge in [0.15, 0.2) is 0 Å². The van der Waals surface area contributed by atoms with E-state index >= 15 is 0 Å². The van der Waals surface area contributed by atoms with Crippen molar-refractivity contribution in [1.29, 1.82) is 0 Å². The summed E-state index contributed by atoms with van der Waals surface area (Å²) >= 11 is 0.